The van der Waals surface area contributed by atoms with E-state index in [0.29, 0.717) is 26.6 Å². The van der Waals surface area contributed by atoms with Crippen molar-refractivity contribution in [2.24, 2.45) is 4.99 Å². The molecule has 0 N–H and O–H groups in total. The predicted octanol–water partition coefficient (Wildman–Crippen LogP) is 6.45. The summed E-state index contributed by atoms with van der Waals surface area (Å²) < 4.78 is 6.23. The highest BCUT2D eigenvalue weighted by atomic mass is 35.5. The van der Waals surface area contributed by atoms with E-state index in [0.717, 1.165) is 21.5 Å². The van der Waals surface area contributed by atoms with Gasteiger partial charge in [-0.05, 0) is 42.0 Å². The van der Waals surface area contributed by atoms with Crippen molar-refractivity contribution in [3.05, 3.63) is 93.6 Å². The van der Waals surface area contributed by atoms with Gasteiger partial charge in [0.1, 0.15) is 17.3 Å². The van der Waals surface area contributed by atoms with Crippen LogP contribution in [0.25, 0.3) is 16.3 Å². The first-order valence-corrected chi connectivity index (χ1v) is 11.2. The summed E-state index contributed by atoms with van der Waals surface area (Å²) in [5, 5.41) is 1.50. The number of anilines is 1. The lowest BCUT2D eigenvalue weighted by atomic mass is 10.2. The topological polar surface area (TPSA) is 54.8 Å². The van der Waals surface area contributed by atoms with Crippen LogP contribution in [-0.4, -0.2) is 23.8 Å². The van der Waals surface area contributed by atoms with Gasteiger partial charge >= 0.3 is 0 Å². The molecule has 0 aliphatic carbocycles. The largest absolute Gasteiger partial charge is 0.497 e. The standard InChI is InChI=1S/C24H15Cl2N3O2S/c1-31-17-9-10-19-21(13-17)32-24(28-19)29-22(14-5-3-2-4-6-14)27-20(23(29)30)11-15-7-8-16(25)12-18(15)26/h2-13H,1H3. The molecule has 0 saturated carbocycles. The first-order chi connectivity index (χ1) is 15.5. The van der Waals surface area contributed by atoms with E-state index in [2.05, 4.69) is 9.98 Å². The number of hydrogen-bond acceptors (Lipinski definition) is 5. The third-order valence-electron chi connectivity index (χ3n) is 4.92. The summed E-state index contributed by atoms with van der Waals surface area (Å²) in [5.41, 5.74) is 2.52. The van der Waals surface area contributed by atoms with E-state index in [1.807, 2.05) is 48.5 Å². The lowest BCUT2D eigenvalue weighted by molar-refractivity contribution is -0.113. The second-order valence-corrected chi connectivity index (χ2v) is 8.82. The van der Waals surface area contributed by atoms with E-state index < -0.39 is 0 Å². The second-order valence-electron chi connectivity index (χ2n) is 6.97. The van der Waals surface area contributed by atoms with Gasteiger partial charge in [-0.15, -0.1) is 0 Å². The molecule has 1 aliphatic rings. The van der Waals surface area contributed by atoms with Crippen LogP contribution in [0.5, 0.6) is 5.75 Å². The van der Waals surface area contributed by atoms with Gasteiger partial charge in [0.2, 0.25) is 0 Å². The molecule has 0 bridgehead atoms. The maximum Gasteiger partial charge on any atom is 0.284 e. The molecular weight excluding hydrogens is 465 g/mol. The Morgan fingerprint density at radius 3 is 2.59 bits per heavy atom. The van der Waals surface area contributed by atoms with Crippen molar-refractivity contribution in [2.45, 2.75) is 0 Å². The number of carbonyl (C=O) groups excluding carboxylic acids is 1. The normalized spacial score (nSPS) is 15.0. The Morgan fingerprint density at radius 1 is 1.03 bits per heavy atom. The molecule has 1 aliphatic heterocycles. The molecule has 0 radical (unpaired) electrons. The molecule has 4 aromatic rings. The van der Waals surface area contributed by atoms with Gasteiger partial charge in [-0.25, -0.2) is 14.9 Å². The maximum atomic E-state index is 13.5. The number of ether oxygens (including phenoxy) is 1. The lowest BCUT2D eigenvalue weighted by Gasteiger charge is -2.14. The molecule has 1 aromatic heterocycles. The number of methoxy groups -OCH3 is 1. The predicted molar refractivity (Wildman–Crippen MR) is 131 cm³/mol. The van der Waals surface area contributed by atoms with Crippen molar-refractivity contribution < 1.29 is 9.53 Å². The van der Waals surface area contributed by atoms with Crippen LogP contribution < -0.4 is 9.64 Å². The first-order valence-electron chi connectivity index (χ1n) is 9.63. The molecule has 2 heterocycles. The van der Waals surface area contributed by atoms with Crippen molar-refractivity contribution in [1.29, 1.82) is 0 Å². The van der Waals surface area contributed by atoms with Crippen molar-refractivity contribution in [3.63, 3.8) is 0 Å². The van der Waals surface area contributed by atoms with Gasteiger partial charge in [-0.2, -0.15) is 0 Å². The number of aromatic nitrogens is 1. The Kier molecular flexibility index (Phi) is 5.43. The molecule has 0 saturated heterocycles. The number of carbonyl (C=O) groups is 1. The zero-order valence-electron chi connectivity index (χ0n) is 16.8. The number of halogens is 2. The van der Waals surface area contributed by atoms with Crippen molar-refractivity contribution >= 4 is 67.7 Å². The molecule has 5 rings (SSSR count). The fraction of sp³-hybridized carbons (Fsp3) is 0.0417. The Bertz CT molecular complexity index is 1410. The number of fused-ring (bicyclic) bond motifs is 1. The first kappa shape index (κ1) is 20.7. The number of benzene rings is 3. The van der Waals surface area contributed by atoms with Gasteiger partial charge in [0.05, 0.1) is 17.3 Å². The lowest BCUT2D eigenvalue weighted by Crippen LogP contribution is -2.32. The summed E-state index contributed by atoms with van der Waals surface area (Å²) in [6.07, 6.45) is 1.67. The Hall–Kier alpha value is -3.19. The quantitative estimate of drug-likeness (QED) is 0.316. The average molecular weight is 480 g/mol. The molecule has 0 unspecified atom stereocenters. The van der Waals surface area contributed by atoms with Crippen LogP contribution in [0.3, 0.4) is 0 Å². The fourth-order valence-corrected chi connectivity index (χ4v) is 4.81. The van der Waals surface area contributed by atoms with E-state index in [9.17, 15) is 4.79 Å². The molecular formula is C24H15Cl2N3O2S. The maximum absolute atomic E-state index is 13.5. The third-order valence-corrected chi connectivity index (χ3v) is 6.49. The number of thiazole rings is 1. The Morgan fingerprint density at radius 2 is 1.84 bits per heavy atom. The van der Waals surface area contributed by atoms with E-state index in [1.165, 1.54) is 11.3 Å². The van der Waals surface area contributed by atoms with Gasteiger partial charge in [-0.3, -0.25) is 4.79 Å². The number of amides is 1. The summed E-state index contributed by atoms with van der Waals surface area (Å²) in [7, 11) is 1.62. The van der Waals surface area contributed by atoms with Crippen molar-refractivity contribution in [2.75, 3.05) is 12.0 Å². The van der Waals surface area contributed by atoms with Gasteiger partial charge in [0, 0.05) is 15.6 Å². The average Bonchev–Trinajstić information content (AvgIpc) is 3.36. The molecule has 0 spiro atoms. The highest BCUT2D eigenvalue weighted by Crippen LogP contribution is 2.36. The van der Waals surface area contributed by atoms with E-state index in [-0.39, 0.29) is 11.6 Å². The van der Waals surface area contributed by atoms with Gasteiger partial charge in [0.25, 0.3) is 5.91 Å². The SMILES string of the molecule is COc1ccc2nc(N3C(=O)C(=Cc4ccc(Cl)cc4Cl)N=C3c3ccccc3)sc2c1. The third kappa shape index (κ3) is 3.77. The smallest absolute Gasteiger partial charge is 0.284 e. The number of hydrogen-bond donors (Lipinski definition) is 0. The minimum absolute atomic E-state index is 0.268. The number of nitrogens with zero attached hydrogens (tertiary/aromatic N) is 3. The number of amidine groups is 1. The molecule has 0 fully saturated rings. The van der Waals surface area contributed by atoms with Gasteiger partial charge in [0.15, 0.2) is 5.13 Å². The molecule has 32 heavy (non-hydrogen) atoms. The highest BCUT2D eigenvalue weighted by molar-refractivity contribution is 7.22. The minimum Gasteiger partial charge on any atom is -0.497 e. The monoisotopic (exact) mass is 479 g/mol. The van der Waals surface area contributed by atoms with Crippen LogP contribution in [-0.2, 0) is 4.79 Å². The zero-order chi connectivity index (χ0) is 22.2. The number of rotatable bonds is 4. The van der Waals surface area contributed by atoms with Crippen LogP contribution >= 0.6 is 34.5 Å². The summed E-state index contributed by atoms with van der Waals surface area (Å²) in [6.45, 7) is 0. The molecule has 1 amide bonds. The molecule has 5 nitrogen and oxygen atoms in total. The fourth-order valence-electron chi connectivity index (χ4n) is 3.36. The van der Waals surface area contributed by atoms with Gasteiger partial charge < -0.3 is 4.74 Å². The van der Waals surface area contributed by atoms with Crippen molar-refractivity contribution in [3.8, 4) is 5.75 Å². The van der Waals surface area contributed by atoms with Crippen molar-refractivity contribution in [1.82, 2.24) is 4.98 Å². The van der Waals surface area contributed by atoms with Crippen LogP contribution in [0, 0.1) is 0 Å². The summed E-state index contributed by atoms with van der Waals surface area (Å²) >= 11 is 13.7. The molecule has 3 aromatic carbocycles. The van der Waals surface area contributed by atoms with E-state index in [1.54, 1.807) is 36.3 Å². The Balaban J connectivity index is 1.63. The summed E-state index contributed by atoms with van der Waals surface area (Å²) in [4.78, 5) is 24.4. The van der Waals surface area contributed by atoms with E-state index >= 15 is 0 Å². The summed E-state index contributed by atoms with van der Waals surface area (Å²) in [6, 6.07) is 20.3. The Labute approximate surface area is 198 Å². The molecule has 8 heteroatoms. The minimum atomic E-state index is -0.277. The van der Waals surface area contributed by atoms with Crippen LogP contribution in [0.4, 0.5) is 5.13 Å². The van der Waals surface area contributed by atoms with E-state index in [4.69, 9.17) is 27.9 Å². The zero-order valence-corrected chi connectivity index (χ0v) is 19.1. The summed E-state index contributed by atoms with van der Waals surface area (Å²) in [5.74, 6) is 0.967. The van der Waals surface area contributed by atoms with Gasteiger partial charge in [-0.1, -0.05) is 70.9 Å². The highest BCUT2D eigenvalue weighted by Gasteiger charge is 2.34. The second kappa shape index (κ2) is 8.39. The van der Waals surface area contributed by atoms with Crippen LogP contribution in [0.15, 0.2) is 77.4 Å². The van der Waals surface area contributed by atoms with Crippen LogP contribution in [0.2, 0.25) is 10.0 Å². The van der Waals surface area contributed by atoms with Crippen LogP contribution in [0.1, 0.15) is 11.1 Å². The molecule has 158 valence electrons. The number of aliphatic imine (C=N–C) groups is 1. The molecule has 0 atom stereocenters.